The van der Waals surface area contributed by atoms with Gasteiger partial charge in [-0.05, 0) is 18.8 Å². The van der Waals surface area contributed by atoms with Gasteiger partial charge in [0.15, 0.2) is 5.65 Å². The summed E-state index contributed by atoms with van der Waals surface area (Å²) in [6, 6.07) is 0. The molecule has 0 radical (unpaired) electrons. The van der Waals surface area contributed by atoms with Gasteiger partial charge in [0.1, 0.15) is 5.52 Å². The van der Waals surface area contributed by atoms with Gasteiger partial charge in [0.2, 0.25) is 11.8 Å². The number of hydrogen-bond acceptors (Lipinski definition) is 5. The molecule has 0 aromatic carbocycles. The fourth-order valence-electron chi connectivity index (χ4n) is 2.40. The Morgan fingerprint density at radius 1 is 1.39 bits per heavy atom. The van der Waals surface area contributed by atoms with Crippen LogP contribution in [0.15, 0.2) is 6.33 Å². The Labute approximate surface area is 105 Å². The third-order valence-corrected chi connectivity index (χ3v) is 3.41. The summed E-state index contributed by atoms with van der Waals surface area (Å²) in [4.78, 5) is 15.8. The Bertz CT molecular complexity index is 532. The molecule has 0 aliphatic heterocycles. The van der Waals surface area contributed by atoms with Crippen LogP contribution in [0.5, 0.6) is 5.88 Å². The van der Waals surface area contributed by atoms with Crippen molar-refractivity contribution in [1.29, 1.82) is 0 Å². The van der Waals surface area contributed by atoms with Crippen molar-refractivity contribution in [2.75, 3.05) is 19.0 Å². The molecule has 2 aromatic heterocycles. The molecule has 0 saturated heterocycles. The van der Waals surface area contributed by atoms with Crippen molar-refractivity contribution < 1.29 is 4.74 Å². The summed E-state index contributed by atoms with van der Waals surface area (Å²) >= 11 is 0. The molecular formula is C12H17N5O. The van der Waals surface area contributed by atoms with Gasteiger partial charge in [-0.15, -0.1) is 0 Å². The number of fused-ring (bicyclic) bond motifs is 1. The minimum atomic E-state index is 0.538. The Balaban J connectivity index is 1.82. The smallest absolute Gasteiger partial charge is 0.245 e. The highest BCUT2D eigenvalue weighted by atomic mass is 16.5. The predicted molar refractivity (Wildman–Crippen MR) is 68.7 cm³/mol. The number of aromatic nitrogens is 4. The van der Waals surface area contributed by atoms with E-state index in [2.05, 4.69) is 25.3 Å². The van der Waals surface area contributed by atoms with Gasteiger partial charge in [0, 0.05) is 7.05 Å². The van der Waals surface area contributed by atoms with E-state index < -0.39 is 0 Å². The second-order valence-corrected chi connectivity index (χ2v) is 4.66. The molecule has 2 heterocycles. The van der Waals surface area contributed by atoms with Gasteiger partial charge < -0.3 is 15.0 Å². The van der Waals surface area contributed by atoms with Crippen LogP contribution in [0.1, 0.15) is 25.7 Å². The third-order valence-electron chi connectivity index (χ3n) is 3.41. The van der Waals surface area contributed by atoms with Crippen LogP contribution >= 0.6 is 0 Å². The van der Waals surface area contributed by atoms with Crippen molar-refractivity contribution in [2.45, 2.75) is 25.7 Å². The lowest BCUT2D eigenvalue weighted by molar-refractivity contribution is 0.246. The zero-order valence-electron chi connectivity index (χ0n) is 10.4. The van der Waals surface area contributed by atoms with Crippen LogP contribution in [0.2, 0.25) is 0 Å². The highest BCUT2D eigenvalue weighted by Crippen LogP contribution is 2.27. The number of ether oxygens (including phenoxy) is 1. The van der Waals surface area contributed by atoms with Crippen molar-refractivity contribution >= 4 is 17.1 Å². The summed E-state index contributed by atoms with van der Waals surface area (Å²) in [5, 5.41) is 2.92. The quantitative estimate of drug-likeness (QED) is 0.863. The number of rotatable bonds is 4. The van der Waals surface area contributed by atoms with Crippen LogP contribution in [0, 0.1) is 5.92 Å². The Morgan fingerprint density at radius 3 is 3.00 bits per heavy atom. The van der Waals surface area contributed by atoms with Gasteiger partial charge >= 0.3 is 0 Å². The first-order valence-electron chi connectivity index (χ1n) is 6.38. The second kappa shape index (κ2) is 4.80. The molecule has 0 unspecified atom stereocenters. The zero-order valence-corrected chi connectivity index (χ0v) is 10.4. The molecule has 0 spiro atoms. The number of nitrogens with one attached hydrogen (secondary N) is 2. The number of aromatic amines is 1. The summed E-state index contributed by atoms with van der Waals surface area (Å²) in [6.45, 7) is 0.730. The van der Waals surface area contributed by atoms with E-state index in [1.165, 1.54) is 25.7 Å². The number of hydrogen-bond donors (Lipinski definition) is 2. The van der Waals surface area contributed by atoms with Crippen LogP contribution in [-0.4, -0.2) is 33.6 Å². The number of H-pyrrole nitrogens is 1. The molecule has 3 rings (SSSR count). The maximum absolute atomic E-state index is 5.84. The van der Waals surface area contributed by atoms with Crippen LogP contribution in [0.3, 0.4) is 0 Å². The minimum absolute atomic E-state index is 0.538. The molecule has 96 valence electrons. The number of nitrogens with zero attached hydrogens (tertiary/aromatic N) is 3. The molecule has 2 N–H and O–H groups in total. The molecule has 18 heavy (non-hydrogen) atoms. The molecule has 0 bridgehead atoms. The summed E-state index contributed by atoms with van der Waals surface area (Å²) in [5.41, 5.74) is 1.41. The summed E-state index contributed by atoms with van der Waals surface area (Å²) in [6.07, 6.45) is 6.77. The maximum Gasteiger partial charge on any atom is 0.245 e. The molecule has 2 aromatic rings. The fraction of sp³-hybridized carbons (Fsp3) is 0.583. The van der Waals surface area contributed by atoms with Crippen LogP contribution in [0.4, 0.5) is 5.95 Å². The van der Waals surface area contributed by atoms with Crippen LogP contribution in [-0.2, 0) is 0 Å². The summed E-state index contributed by atoms with van der Waals surface area (Å²) in [5.74, 6) is 1.79. The molecule has 6 heteroatoms. The minimum Gasteiger partial charge on any atom is -0.476 e. The highest BCUT2D eigenvalue weighted by Gasteiger charge is 2.17. The lowest BCUT2D eigenvalue weighted by Crippen LogP contribution is -2.10. The topological polar surface area (TPSA) is 75.7 Å². The van der Waals surface area contributed by atoms with Crippen LogP contribution in [0.25, 0.3) is 11.2 Å². The zero-order chi connectivity index (χ0) is 12.4. The lowest BCUT2D eigenvalue weighted by atomic mass is 10.1. The predicted octanol–water partition coefficient (Wildman–Crippen LogP) is 1.96. The molecular weight excluding hydrogens is 230 g/mol. The fourth-order valence-corrected chi connectivity index (χ4v) is 2.40. The van der Waals surface area contributed by atoms with E-state index in [-0.39, 0.29) is 0 Å². The molecule has 1 aliphatic carbocycles. The van der Waals surface area contributed by atoms with E-state index in [1.54, 1.807) is 13.4 Å². The van der Waals surface area contributed by atoms with E-state index in [9.17, 15) is 0 Å². The van der Waals surface area contributed by atoms with E-state index in [1.807, 2.05) is 0 Å². The van der Waals surface area contributed by atoms with E-state index >= 15 is 0 Å². The number of imidazole rings is 1. The van der Waals surface area contributed by atoms with E-state index in [0.29, 0.717) is 23.4 Å². The van der Waals surface area contributed by atoms with Crippen molar-refractivity contribution in [3.63, 3.8) is 0 Å². The lowest BCUT2D eigenvalue weighted by Gasteiger charge is -2.11. The summed E-state index contributed by atoms with van der Waals surface area (Å²) < 4.78 is 5.84. The van der Waals surface area contributed by atoms with Gasteiger partial charge in [0.25, 0.3) is 0 Å². The molecule has 1 fully saturated rings. The Hall–Kier alpha value is -1.85. The Kier molecular flexibility index (Phi) is 3.00. The largest absolute Gasteiger partial charge is 0.476 e. The molecule has 0 atom stereocenters. The van der Waals surface area contributed by atoms with Crippen molar-refractivity contribution in [3.05, 3.63) is 6.33 Å². The average molecular weight is 247 g/mol. The van der Waals surface area contributed by atoms with Gasteiger partial charge in [-0.1, -0.05) is 12.8 Å². The van der Waals surface area contributed by atoms with E-state index in [0.717, 1.165) is 12.1 Å². The van der Waals surface area contributed by atoms with Gasteiger partial charge in [-0.25, -0.2) is 4.98 Å². The van der Waals surface area contributed by atoms with Gasteiger partial charge in [-0.3, -0.25) is 0 Å². The standard InChI is InChI=1S/C12H17N5O/c1-13-12-16-10-9(14-7-15-10)11(17-12)18-6-8-4-2-3-5-8/h7-8H,2-6H2,1H3,(H2,13,14,15,16,17). The summed E-state index contributed by atoms with van der Waals surface area (Å²) in [7, 11) is 1.79. The van der Waals surface area contributed by atoms with Gasteiger partial charge in [-0.2, -0.15) is 9.97 Å². The Morgan fingerprint density at radius 2 is 2.22 bits per heavy atom. The molecule has 1 saturated carbocycles. The van der Waals surface area contributed by atoms with Gasteiger partial charge in [0.05, 0.1) is 12.9 Å². The normalized spacial score (nSPS) is 16.3. The van der Waals surface area contributed by atoms with E-state index in [4.69, 9.17) is 4.74 Å². The maximum atomic E-state index is 5.84. The van der Waals surface area contributed by atoms with Crippen molar-refractivity contribution in [3.8, 4) is 5.88 Å². The van der Waals surface area contributed by atoms with Crippen molar-refractivity contribution in [1.82, 2.24) is 19.9 Å². The molecule has 6 nitrogen and oxygen atoms in total. The first-order valence-corrected chi connectivity index (χ1v) is 6.38. The second-order valence-electron chi connectivity index (χ2n) is 4.66. The van der Waals surface area contributed by atoms with Crippen LogP contribution < -0.4 is 10.1 Å². The average Bonchev–Trinajstić information content (AvgIpc) is 3.06. The SMILES string of the molecule is CNc1nc(OCC2CCCC2)c2[nH]cnc2n1. The third kappa shape index (κ3) is 2.10. The molecule has 0 amide bonds. The van der Waals surface area contributed by atoms with Crippen molar-refractivity contribution in [2.24, 2.45) is 5.92 Å². The highest BCUT2D eigenvalue weighted by molar-refractivity contribution is 5.76. The number of anilines is 1. The first kappa shape index (κ1) is 11.3. The monoisotopic (exact) mass is 247 g/mol. The first-order chi connectivity index (χ1) is 8.86. The molecule has 1 aliphatic rings.